The lowest BCUT2D eigenvalue weighted by Crippen LogP contribution is -2.08. The Morgan fingerprint density at radius 2 is 2.17 bits per heavy atom. The van der Waals surface area contributed by atoms with Gasteiger partial charge in [-0.2, -0.15) is 0 Å². The molecule has 0 aliphatic carbocycles. The number of esters is 1. The SMILES string of the molecule is CCC(=O)OCCCO[N+](=O)[O-]. The van der Waals surface area contributed by atoms with Gasteiger partial charge in [0, 0.05) is 12.8 Å². The van der Waals surface area contributed by atoms with Crippen molar-refractivity contribution < 1.29 is 19.5 Å². The highest BCUT2D eigenvalue weighted by atomic mass is 16.9. The fourth-order valence-corrected chi connectivity index (χ4v) is 0.486. The minimum absolute atomic E-state index is 0.0377. The van der Waals surface area contributed by atoms with Crippen LogP contribution in [0.3, 0.4) is 0 Å². The topological polar surface area (TPSA) is 78.7 Å². The van der Waals surface area contributed by atoms with E-state index in [-0.39, 0.29) is 19.2 Å². The van der Waals surface area contributed by atoms with Gasteiger partial charge < -0.3 is 9.57 Å². The lowest BCUT2D eigenvalue weighted by molar-refractivity contribution is -0.757. The lowest BCUT2D eigenvalue weighted by Gasteiger charge is -2.01. The number of carbonyl (C=O) groups excluding carboxylic acids is 1. The molecule has 0 radical (unpaired) electrons. The quantitative estimate of drug-likeness (QED) is 0.256. The zero-order valence-electron chi connectivity index (χ0n) is 6.82. The fourth-order valence-electron chi connectivity index (χ4n) is 0.486. The first-order valence-electron chi connectivity index (χ1n) is 3.59. The minimum atomic E-state index is -0.873. The minimum Gasteiger partial charge on any atom is -0.466 e. The highest BCUT2D eigenvalue weighted by Gasteiger charge is 1.98. The van der Waals surface area contributed by atoms with Crippen molar-refractivity contribution in [2.24, 2.45) is 0 Å². The molecule has 0 saturated heterocycles. The first kappa shape index (κ1) is 10.7. The van der Waals surface area contributed by atoms with Gasteiger partial charge in [0.2, 0.25) is 0 Å². The van der Waals surface area contributed by atoms with Crippen molar-refractivity contribution in [3.8, 4) is 0 Å². The molecule has 0 aromatic carbocycles. The van der Waals surface area contributed by atoms with Crippen LogP contribution in [-0.2, 0) is 14.4 Å². The molecule has 12 heavy (non-hydrogen) atoms. The van der Waals surface area contributed by atoms with Crippen LogP contribution in [0.15, 0.2) is 0 Å². The smallest absolute Gasteiger partial charge is 0.305 e. The summed E-state index contributed by atoms with van der Waals surface area (Å²) in [4.78, 5) is 24.1. The Kier molecular flexibility index (Phi) is 5.68. The molecule has 0 bridgehead atoms. The molecular weight excluding hydrogens is 166 g/mol. The second kappa shape index (κ2) is 6.38. The third-order valence-corrected chi connectivity index (χ3v) is 1.04. The summed E-state index contributed by atoms with van der Waals surface area (Å²) in [5.74, 6) is -0.309. The molecule has 0 unspecified atom stereocenters. The summed E-state index contributed by atoms with van der Waals surface area (Å²) in [6, 6.07) is 0. The third kappa shape index (κ3) is 6.79. The second-order valence-corrected chi connectivity index (χ2v) is 1.98. The molecule has 0 saturated carbocycles. The van der Waals surface area contributed by atoms with Gasteiger partial charge in [-0.05, 0) is 0 Å². The lowest BCUT2D eigenvalue weighted by atomic mass is 10.5. The summed E-state index contributed by atoms with van der Waals surface area (Å²) in [6.45, 7) is 1.81. The van der Waals surface area contributed by atoms with Crippen LogP contribution in [0.25, 0.3) is 0 Å². The van der Waals surface area contributed by atoms with E-state index >= 15 is 0 Å². The molecule has 0 N–H and O–H groups in total. The molecule has 0 heterocycles. The summed E-state index contributed by atoms with van der Waals surface area (Å²) in [7, 11) is 0. The Morgan fingerprint density at radius 3 is 2.67 bits per heavy atom. The zero-order valence-corrected chi connectivity index (χ0v) is 6.82. The summed E-state index contributed by atoms with van der Waals surface area (Å²) >= 11 is 0. The van der Waals surface area contributed by atoms with Crippen molar-refractivity contribution in [3.63, 3.8) is 0 Å². The molecule has 0 aromatic rings. The molecule has 0 amide bonds. The van der Waals surface area contributed by atoms with Gasteiger partial charge in [0.1, 0.15) is 0 Å². The van der Waals surface area contributed by atoms with Crippen LogP contribution in [0.2, 0.25) is 0 Å². The van der Waals surface area contributed by atoms with Crippen LogP contribution in [0, 0.1) is 10.1 Å². The molecule has 0 fully saturated rings. The second-order valence-electron chi connectivity index (χ2n) is 1.98. The molecule has 0 aliphatic heterocycles. The van der Waals surface area contributed by atoms with Crippen molar-refractivity contribution >= 4 is 5.97 Å². The molecule has 6 heteroatoms. The van der Waals surface area contributed by atoms with Crippen LogP contribution < -0.4 is 0 Å². The molecular formula is C6H11NO5. The third-order valence-electron chi connectivity index (χ3n) is 1.04. The maximum Gasteiger partial charge on any atom is 0.305 e. The van der Waals surface area contributed by atoms with Crippen LogP contribution >= 0.6 is 0 Å². The van der Waals surface area contributed by atoms with Gasteiger partial charge in [0.25, 0.3) is 5.09 Å². The molecule has 70 valence electrons. The summed E-state index contributed by atoms with van der Waals surface area (Å²) < 4.78 is 4.63. The van der Waals surface area contributed by atoms with E-state index in [0.29, 0.717) is 12.8 Å². The van der Waals surface area contributed by atoms with E-state index in [1.165, 1.54) is 0 Å². The molecule has 0 atom stereocenters. The first-order chi connectivity index (χ1) is 5.66. The van der Waals surface area contributed by atoms with Gasteiger partial charge in [0.15, 0.2) is 0 Å². The fraction of sp³-hybridized carbons (Fsp3) is 0.833. The van der Waals surface area contributed by atoms with Crippen molar-refractivity contribution in [1.29, 1.82) is 0 Å². The average Bonchev–Trinajstić information content (AvgIpc) is 2.03. The Balaban J connectivity index is 3.11. The van der Waals surface area contributed by atoms with E-state index in [0.717, 1.165) is 0 Å². The molecule has 6 nitrogen and oxygen atoms in total. The predicted octanol–water partition coefficient (Wildman–Crippen LogP) is 0.538. The van der Waals surface area contributed by atoms with Gasteiger partial charge in [-0.25, -0.2) is 0 Å². The monoisotopic (exact) mass is 177 g/mol. The van der Waals surface area contributed by atoms with Gasteiger partial charge in [-0.3, -0.25) is 4.79 Å². The largest absolute Gasteiger partial charge is 0.466 e. The highest BCUT2D eigenvalue weighted by molar-refractivity contribution is 5.68. The molecule has 0 rings (SSSR count). The van der Waals surface area contributed by atoms with Crippen LogP contribution in [0.4, 0.5) is 0 Å². The van der Waals surface area contributed by atoms with Crippen LogP contribution in [0.1, 0.15) is 19.8 Å². The van der Waals surface area contributed by atoms with Crippen molar-refractivity contribution in [2.45, 2.75) is 19.8 Å². The van der Waals surface area contributed by atoms with Crippen LogP contribution in [0.5, 0.6) is 0 Å². The molecule has 0 spiro atoms. The summed E-state index contributed by atoms with van der Waals surface area (Å²) in [5.41, 5.74) is 0. The van der Waals surface area contributed by atoms with Crippen LogP contribution in [-0.4, -0.2) is 24.3 Å². The summed E-state index contributed by atoms with van der Waals surface area (Å²) in [6.07, 6.45) is 0.656. The van der Waals surface area contributed by atoms with Gasteiger partial charge in [0.05, 0.1) is 13.2 Å². The van der Waals surface area contributed by atoms with Gasteiger partial charge in [-0.1, -0.05) is 6.92 Å². The van der Waals surface area contributed by atoms with E-state index in [4.69, 9.17) is 0 Å². The number of hydrogen-bond acceptors (Lipinski definition) is 5. The molecule has 0 aliphatic rings. The Hall–Kier alpha value is -1.33. The molecule has 0 aromatic heterocycles. The standard InChI is InChI=1S/C6H11NO5/c1-2-6(8)11-4-3-5-12-7(9)10/h2-5H2,1H3. The first-order valence-corrected chi connectivity index (χ1v) is 3.59. The van der Waals surface area contributed by atoms with Crippen molar-refractivity contribution in [2.75, 3.05) is 13.2 Å². The van der Waals surface area contributed by atoms with E-state index < -0.39 is 5.09 Å². The van der Waals surface area contributed by atoms with E-state index in [1.54, 1.807) is 6.92 Å². The average molecular weight is 177 g/mol. The Labute approximate surface area is 69.6 Å². The summed E-state index contributed by atoms with van der Waals surface area (Å²) in [5, 5.41) is 8.75. The predicted molar refractivity (Wildman–Crippen MR) is 38.8 cm³/mol. The van der Waals surface area contributed by atoms with Gasteiger partial charge in [-0.15, -0.1) is 10.1 Å². The van der Waals surface area contributed by atoms with Crippen molar-refractivity contribution in [3.05, 3.63) is 10.1 Å². The number of rotatable bonds is 6. The van der Waals surface area contributed by atoms with E-state index in [9.17, 15) is 14.9 Å². The van der Waals surface area contributed by atoms with E-state index in [2.05, 4.69) is 9.57 Å². The van der Waals surface area contributed by atoms with Gasteiger partial charge >= 0.3 is 5.97 Å². The number of hydrogen-bond donors (Lipinski definition) is 0. The maximum absolute atomic E-state index is 10.5. The Bertz CT molecular complexity index is 158. The number of carbonyl (C=O) groups is 1. The maximum atomic E-state index is 10.5. The van der Waals surface area contributed by atoms with E-state index in [1.807, 2.05) is 0 Å². The number of nitrogens with zero attached hydrogens (tertiary/aromatic N) is 1. The Morgan fingerprint density at radius 1 is 1.50 bits per heavy atom. The zero-order chi connectivity index (χ0) is 9.40. The highest BCUT2D eigenvalue weighted by Crippen LogP contribution is 1.88. The van der Waals surface area contributed by atoms with Crippen molar-refractivity contribution in [1.82, 2.24) is 0 Å². The number of ether oxygens (including phenoxy) is 1. The normalized spacial score (nSPS) is 9.08.